The summed E-state index contributed by atoms with van der Waals surface area (Å²) in [6, 6.07) is 8.11. The average Bonchev–Trinajstić information content (AvgIpc) is 2.89. The Morgan fingerprint density at radius 1 is 1.37 bits per heavy atom. The molecule has 2 aromatic rings. The summed E-state index contributed by atoms with van der Waals surface area (Å²) < 4.78 is 5.27. The zero-order valence-electron chi connectivity index (χ0n) is 11.1. The van der Waals surface area contributed by atoms with Crippen molar-refractivity contribution in [1.82, 2.24) is 4.90 Å². The van der Waals surface area contributed by atoms with Gasteiger partial charge >= 0.3 is 0 Å². The number of hydrogen-bond donors (Lipinski definition) is 1. The first-order chi connectivity index (χ1) is 9.26. The van der Waals surface area contributed by atoms with Crippen molar-refractivity contribution in [3.8, 4) is 5.75 Å². The number of rotatable bonds is 3. The van der Waals surface area contributed by atoms with E-state index in [0.717, 1.165) is 43.1 Å². The molecule has 0 saturated heterocycles. The van der Waals surface area contributed by atoms with Crippen molar-refractivity contribution in [1.29, 1.82) is 0 Å². The number of nitrogens with two attached hydrogens (primary N) is 1. The van der Waals surface area contributed by atoms with Gasteiger partial charge < -0.3 is 10.5 Å². The normalized spacial score (nSPS) is 15.2. The summed E-state index contributed by atoms with van der Waals surface area (Å²) >= 11 is 1.87. The maximum absolute atomic E-state index is 6.06. The fourth-order valence-electron chi connectivity index (χ4n) is 2.53. The van der Waals surface area contributed by atoms with Gasteiger partial charge in [-0.15, -0.1) is 11.3 Å². The van der Waals surface area contributed by atoms with Gasteiger partial charge in [0, 0.05) is 30.2 Å². The molecule has 0 fully saturated rings. The van der Waals surface area contributed by atoms with Crippen molar-refractivity contribution in [2.75, 3.05) is 19.4 Å². The first-order valence-corrected chi connectivity index (χ1v) is 7.34. The predicted octanol–water partition coefficient (Wildman–Crippen LogP) is 2.90. The molecule has 0 aliphatic carbocycles. The zero-order chi connectivity index (χ0) is 13.2. The summed E-state index contributed by atoms with van der Waals surface area (Å²) in [5, 5.41) is 2.19. The summed E-state index contributed by atoms with van der Waals surface area (Å²) in [5.74, 6) is 0.873. The molecule has 2 N–H and O–H groups in total. The van der Waals surface area contributed by atoms with Gasteiger partial charge in [-0.05, 0) is 47.2 Å². The lowest BCUT2D eigenvalue weighted by Gasteiger charge is -2.27. The van der Waals surface area contributed by atoms with Crippen LogP contribution in [0.1, 0.15) is 16.0 Å². The number of nitrogen functional groups attached to an aromatic ring is 1. The molecule has 2 heterocycles. The van der Waals surface area contributed by atoms with E-state index in [9.17, 15) is 0 Å². The van der Waals surface area contributed by atoms with Crippen molar-refractivity contribution < 1.29 is 4.74 Å². The molecule has 4 heteroatoms. The molecule has 1 aliphatic rings. The Bertz CT molecular complexity index is 579. The number of benzene rings is 1. The lowest BCUT2D eigenvalue weighted by molar-refractivity contribution is 0.247. The molecule has 0 unspecified atom stereocenters. The number of fused-ring (bicyclic) bond motifs is 1. The topological polar surface area (TPSA) is 38.5 Å². The van der Waals surface area contributed by atoms with Gasteiger partial charge in [0.1, 0.15) is 5.75 Å². The number of hydrogen-bond acceptors (Lipinski definition) is 4. The fourth-order valence-corrected chi connectivity index (χ4v) is 3.42. The van der Waals surface area contributed by atoms with E-state index in [2.05, 4.69) is 16.3 Å². The van der Waals surface area contributed by atoms with Crippen LogP contribution in [0.4, 0.5) is 5.69 Å². The van der Waals surface area contributed by atoms with E-state index < -0.39 is 0 Å². The van der Waals surface area contributed by atoms with Gasteiger partial charge in [0.25, 0.3) is 0 Å². The van der Waals surface area contributed by atoms with Crippen LogP contribution < -0.4 is 10.5 Å². The van der Waals surface area contributed by atoms with Crippen molar-refractivity contribution in [2.45, 2.75) is 19.5 Å². The van der Waals surface area contributed by atoms with Crippen LogP contribution >= 0.6 is 11.3 Å². The maximum Gasteiger partial charge on any atom is 0.119 e. The van der Waals surface area contributed by atoms with E-state index >= 15 is 0 Å². The largest absolute Gasteiger partial charge is 0.497 e. The SMILES string of the molecule is COc1ccc(N)c(CN2CCc3sccc3C2)c1. The Labute approximate surface area is 117 Å². The van der Waals surface area contributed by atoms with Gasteiger partial charge in [-0.1, -0.05) is 0 Å². The van der Waals surface area contributed by atoms with Crippen LogP contribution in [0.5, 0.6) is 5.75 Å². The van der Waals surface area contributed by atoms with Crippen LogP contribution in [0, 0.1) is 0 Å². The Kier molecular flexibility index (Phi) is 3.44. The second-order valence-electron chi connectivity index (χ2n) is 4.89. The van der Waals surface area contributed by atoms with Crippen LogP contribution in [0.25, 0.3) is 0 Å². The smallest absolute Gasteiger partial charge is 0.119 e. The van der Waals surface area contributed by atoms with Gasteiger partial charge in [-0.3, -0.25) is 4.90 Å². The van der Waals surface area contributed by atoms with E-state index in [1.165, 1.54) is 10.4 Å². The molecule has 1 aromatic heterocycles. The van der Waals surface area contributed by atoms with Gasteiger partial charge in [-0.25, -0.2) is 0 Å². The maximum atomic E-state index is 6.06. The molecular weight excluding hydrogens is 256 g/mol. The monoisotopic (exact) mass is 274 g/mol. The third-order valence-electron chi connectivity index (χ3n) is 3.63. The standard InChI is InChI=1S/C15H18N2OS/c1-18-13-2-3-14(16)12(8-13)10-17-6-4-15-11(9-17)5-7-19-15/h2-3,5,7-8H,4,6,9-10,16H2,1H3. The Balaban J connectivity index is 1.76. The van der Waals surface area contributed by atoms with Gasteiger partial charge in [0.05, 0.1) is 7.11 Å². The number of thiophene rings is 1. The zero-order valence-corrected chi connectivity index (χ0v) is 11.9. The summed E-state index contributed by atoms with van der Waals surface area (Å²) in [7, 11) is 1.69. The second-order valence-corrected chi connectivity index (χ2v) is 5.90. The second kappa shape index (κ2) is 5.23. The number of anilines is 1. The van der Waals surface area contributed by atoms with Gasteiger partial charge in [0.2, 0.25) is 0 Å². The summed E-state index contributed by atoms with van der Waals surface area (Å²) in [4.78, 5) is 3.98. The molecule has 1 aliphatic heterocycles. The highest BCUT2D eigenvalue weighted by molar-refractivity contribution is 7.10. The van der Waals surface area contributed by atoms with E-state index in [1.807, 2.05) is 29.5 Å². The summed E-state index contributed by atoms with van der Waals surface area (Å²) in [5.41, 5.74) is 9.52. The molecule has 0 saturated carbocycles. The lowest BCUT2D eigenvalue weighted by atomic mass is 10.1. The molecule has 0 spiro atoms. The van der Waals surface area contributed by atoms with E-state index in [0.29, 0.717) is 0 Å². The highest BCUT2D eigenvalue weighted by Gasteiger charge is 2.18. The van der Waals surface area contributed by atoms with Crippen molar-refractivity contribution in [3.63, 3.8) is 0 Å². The first-order valence-electron chi connectivity index (χ1n) is 6.46. The lowest BCUT2D eigenvalue weighted by Crippen LogP contribution is -2.29. The predicted molar refractivity (Wildman–Crippen MR) is 79.5 cm³/mol. The molecule has 3 rings (SSSR count). The molecule has 0 atom stereocenters. The van der Waals surface area contributed by atoms with Crippen LogP contribution in [0.3, 0.4) is 0 Å². The highest BCUT2D eigenvalue weighted by atomic mass is 32.1. The quantitative estimate of drug-likeness (QED) is 0.875. The molecule has 0 amide bonds. The van der Waals surface area contributed by atoms with Crippen molar-refractivity contribution in [2.24, 2.45) is 0 Å². The molecular formula is C15H18N2OS. The minimum absolute atomic E-state index is 0.844. The van der Waals surface area contributed by atoms with E-state index in [1.54, 1.807) is 7.11 Å². The molecule has 0 radical (unpaired) electrons. The number of methoxy groups -OCH3 is 1. The molecule has 3 nitrogen and oxygen atoms in total. The number of nitrogens with zero attached hydrogens (tertiary/aromatic N) is 1. The highest BCUT2D eigenvalue weighted by Crippen LogP contribution is 2.27. The Morgan fingerprint density at radius 2 is 2.26 bits per heavy atom. The Hall–Kier alpha value is -1.52. The third kappa shape index (κ3) is 2.60. The average molecular weight is 274 g/mol. The van der Waals surface area contributed by atoms with E-state index in [-0.39, 0.29) is 0 Å². The Morgan fingerprint density at radius 3 is 3.11 bits per heavy atom. The van der Waals surface area contributed by atoms with Crippen LogP contribution in [0.2, 0.25) is 0 Å². The van der Waals surface area contributed by atoms with Crippen LogP contribution in [-0.4, -0.2) is 18.6 Å². The van der Waals surface area contributed by atoms with Gasteiger partial charge in [-0.2, -0.15) is 0 Å². The van der Waals surface area contributed by atoms with Crippen LogP contribution in [0.15, 0.2) is 29.6 Å². The summed E-state index contributed by atoms with van der Waals surface area (Å²) in [6.45, 7) is 3.01. The third-order valence-corrected chi connectivity index (χ3v) is 4.65. The van der Waals surface area contributed by atoms with Gasteiger partial charge in [0.15, 0.2) is 0 Å². The number of ether oxygens (including phenoxy) is 1. The van der Waals surface area contributed by atoms with Crippen LogP contribution in [-0.2, 0) is 19.5 Å². The minimum Gasteiger partial charge on any atom is -0.497 e. The fraction of sp³-hybridized carbons (Fsp3) is 0.333. The van der Waals surface area contributed by atoms with E-state index in [4.69, 9.17) is 10.5 Å². The first kappa shape index (κ1) is 12.5. The van der Waals surface area contributed by atoms with Crippen molar-refractivity contribution in [3.05, 3.63) is 45.6 Å². The minimum atomic E-state index is 0.844. The molecule has 1 aromatic carbocycles. The molecule has 100 valence electrons. The molecule has 0 bridgehead atoms. The van der Waals surface area contributed by atoms with Crippen molar-refractivity contribution >= 4 is 17.0 Å². The molecule has 19 heavy (non-hydrogen) atoms. The summed E-state index contributed by atoms with van der Waals surface area (Å²) in [6.07, 6.45) is 1.15.